The van der Waals surface area contributed by atoms with Gasteiger partial charge in [0.1, 0.15) is 72.9 Å². The van der Waals surface area contributed by atoms with Crippen LogP contribution in [-0.4, -0.2) is 175 Å². The third kappa shape index (κ3) is 25.6. The van der Waals surface area contributed by atoms with Crippen LogP contribution in [0.5, 0.6) is 0 Å². The SMILES string of the molecule is CCOC1CCC(n2cc(NC(=O)c3csc(-c4cnn(C(=O)[C@@H](CC(=O)OCc5ccccc5)CC(C)C)c4)n3)c(-c3nc(F)ccc3F)n2)CC1.CCOC1CCC(n2cc(NC(=O)c3csc(-c4cnn(COC(=O)C5CCCC5)c4)n3)c(-c3nc(F)ccc3F)n2)CC1.CCOC1CCC(n2cc(NC(=O)c3csc(-c4cnn(COC(=O)CN)c4)n3)c(-c3nc(F)ccc3F)n2)CC1. The van der Waals surface area contributed by atoms with Gasteiger partial charge in [0.25, 0.3) is 23.6 Å². The number of hydrogen-bond acceptors (Lipinski definition) is 29. The zero-order chi connectivity index (χ0) is 97.0. The van der Waals surface area contributed by atoms with Gasteiger partial charge in [-0.25, -0.2) is 57.1 Å². The van der Waals surface area contributed by atoms with Crippen LogP contribution in [0.2, 0.25) is 0 Å². The van der Waals surface area contributed by atoms with Gasteiger partial charge in [0.2, 0.25) is 17.8 Å². The van der Waals surface area contributed by atoms with Crippen molar-refractivity contribution in [3.63, 3.8) is 0 Å². The number of amides is 3. The monoisotopic (exact) mass is 1960 g/mol. The number of carbonyl (C=O) groups excluding carboxylic acids is 7. The van der Waals surface area contributed by atoms with E-state index in [4.69, 9.17) is 34.2 Å². The average molecular weight is 1960 g/mol. The molecule has 4 aliphatic carbocycles. The van der Waals surface area contributed by atoms with E-state index in [2.05, 4.69) is 76.4 Å². The molecule has 4 aliphatic rings. The van der Waals surface area contributed by atoms with Crippen LogP contribution in [0.25, 0.3) is 65.9 Å². The topological polar surface area (TPSA) is 421 Å². The minimum atomic E-state index is -0.882. The summed E-state index contributed by atoms with van der Waals surface area (Å²) in [7, 11) is 0. The van der Waals surface area contributed by atoms with Crippen molar-refractivity contribution in [1.29, 1.82) is 0 Å². The number of benzene rings is 1. The van der Waals surface area contributed by atoms with Gasteiger partial charge in [0, 0.05) is 89.8 Å². The predicted molar refractivity (Wildman–Crippen MR) is 496 cm³/mol. The molecule has 13 aromatic rings. The van der Waals surface area contributed by atoms with Gasteiger partial charge in [-0.3, -0.25) is 47.6 Å². The van der Waals surface area contributed by atoms with Crippen LogP contribution in [-0.2, 0) is 62.9 Å². The molecular weight excluding hydrogens is 1860 g/mol. The molecule has 1 aromatic carbocycles. The van der Waals surface area contributed by atoms with Crippen molar-refractivity contribution < 1.29 is 88.3 Å². The van der Waals surface area contributed by atoms with Crippen molar-refractivity contribution in [1.82, 2.24) is 88.6 Å². The number of thiazole rings is 3. The highest BCUT2D eigenvalue weighted by Crippen LogP contribution is 2.41. The van der Waals surface area contributed by atoms with Gasteiger partial charge < -0.3 is 50.1 Å². The molecule has 35 nitrogen and oxygen atoms in total. The summed E-state index contributed by atoms with van der Waals surface area (Å²) in [6, 6.07) is 15.0. The first-order valence-electron chi connectivity index (χ1n) is 45.6. The number of anilines is 3. The number of esters is 3. The normalized spacial score (nSPS) is 17.4. The fourth-order valence-corrected chi connectivity index (χ4v) is 19.1. The molecule has 4 saturated carbocycles. The number of halogens is 6. The van der Waals surface area contributed by atoms with E-state index >= 15 is 0 Å². The number of nitrogens with zero attached hydrogens (tertiary/aromatic N) is 18. The summed E-state index contributed by atoms with van der Waals surface area (Å²) in [5.41, 5.74) is 7.83. The molecule has 1 atom stereocenters. The molecule has 0 unspecified atom stereocenters. The van der Waals surface area contributed by atoms with E-state index in [0.717, 1.165) is 145 Å². The van der Waals surface area contributed by atoms with E-state index < -0.39 is 70.9 Å². The van der Waals surface area contributed by atoms with Crippen LogP contribution in [0.15, 0.2) is 139 Å². The highest BCUT2D eigenvalue weighted by atomic mass is 32.1. The summed E-state index contributed by atoms with van der Waals surface area (Å²) in [6.45, 7) is 11.5. The predicted octanol–water partition coefficient (Wildman–Crippen LogP) is 17.5. The summed E-state index contributed by atoms with van der Waals surface area (Å²) in [6.07, 6.45) is 28.7. The molecule has 0 bridgehead atoms. The summed E-state index contributed by atoms with van der Waals surface area (Å²) in [4.78, 5) is 114. The van der Waals surface area contributed by atoms with Crippen LogP contribution in [0.1, 0.15) is 210 Å². The molecule has 5 N–H and O–H groups in total. The minimum Gasteiger partial charge on any atom is -0.461 e. The lowest BCUT2D eigenvalue weighted by Gasteiger charge is -2.28. The van der Waals surface area contributed by atoms with Crippen LogP contribution < -0.4 is 21.7 Å². The zero-order valence-corrected chi connectivity index (χ0v) is 78.5. The number of hydrogen-bond donors (Lipinski definition) is 4. The molecule has 0 aliphatic heterocycles. The maximum Gasteiger partial charge on any atom is 0.321 e. The average Bonchev–Trinajstić information content (AvgIpc) is 1.64. The Kier molecular flexibility index (Phi) is 33.6. The van der Waals surface area contributed by atoms with Crippen molar-refractivity contribution >= 4 is 92.6 Å². The second-order valence-electron chi connectivity index (χ2n) is 33.8. The highest BCUT2D eigenvalue weighted by Gasteiger charge is 2.35. The second-order valence-corrected chi connectivity index (χ2v) is 36.4. The lowest BCUT2D eigenvalue weighted by Crippen LogP contribution is -2.26. The maximum absolute atomic E-state index is 14.9. The van der Waals surface area contributed by atoms with Crippen LogP contribution in [0.3, 0.4) is 0 Å². The minimum absolute atomic E-state index is 0.000680. The van der Waals surface area contributed by atoms with E-state index in [1.807, 2.05) is 65.0 Å². The quantitative estimate of drug-likeness (QED) is 0.0126. The van der Waals surface area contributed by atoms with Crippen LogP contribution >= 0.6 is 34.0 Å². The Morgan fingerprint density at radius 1 is 0.442 bits per heavy atom. The molecule has 0 spiro atoms. The third-order valence-corrected chi connectivity index (χ3v) is 26.3. The molecule has 4 fully saturated rings. The fraction of sp³-hybridized carbons (Fsp3) is 0.415. The van der Waals surface area contributed by atoms with Crippen molar-refractivity contribution in [3.05, 3.63) is 197 Å². The van der Waals surface area contributed by atoms with Gasteiger partial charge in [-0.05, 0) is 165 Å². The van der Waals surface area contributed by atoms with E-state index in [-0.39, 0.29) is 161 Å². The number of pyridine rings is 3. The number of ether oxygens (including phenoxy) is 6. The Bertz CT molecular complexity index is 6380. The lowest BCUT2D eigenvalue weighted by atomic mass is 9.93. The molecule has 0 radical (unpaired) electrons. The van der Waals surface area contributed by atoms with Gasteiger partial charge in [0.05, 0.1) is 96.9 Å². The molecular formula is C94H102F6N22O13S3. The number of rotatable bonds is 34. The molecule has 12 aromatic heterocycles. The van der Waals surface area contributed by atoms with Gasteiger partial charge in [-0.1, -0.05) is 57.0 Å². The third-order valence-electron chi connectivity index (χ3n) is 23.6. The Morgan fingerprint density at radius 3 is 1.21 bits per heavy atom. The van der Waals surface area contributed by atoms with E-state index in [9.17, 15) is 59.9 Å². The first kappa shape index (κ1) is 99.2. The fourth-order valence-electron chi connectivity index (χ4n) is 16.8. The maximum atomic E-state index is 14.9. The lowest BCUT2D eigenvalue weighted by molar-refractivity contribution is -0.152. The van der Waals surface area contributed by atoms with Crippen molar-refractivity contribution in [3.8, 4) is 65.9 Å². The molecule has 138 heavy (non-hydrogen) atoms. The standard InChI is InChI=1S/C38H41F2N7O5S.C30H33F2N7O4S.C26H28F2N8O4S/c1-4-51-28-12-10-27(11-13-28)46-20-30(35(45-46)34-29(39)14-15-32(40)44-34)42-36(49)31-22-53-37(43-31)26-18-41-47(19-26)38(50)25(16-23(2)3)17-33(48)52-21-24-8-6-5-7-9-24;1-2-42-21-9-7-20(8-10-21)39-15-23(27(37-39)26-22(31)11-12-25(32)36-26)34-28(40)24-16-44-29(35-24)19-13-33-38(14-19)17-43-30(41)18-5-3-4-6-18;1-2-39-17-5-3-16(4-6-17)36-12-19(24(34-36)23-18(27)7-8-21(28)33-23)31-25(38)20-13-41-26(32-20)15-10-30-35(11-15)14-40-22(37)9-29/h5-9,14-15,18-20,22-23,25,27-28H,4,10-13,16-17,21H2,1-3H3,(H,42,49);11-16,18,20-21H,2-10,17H2,1H3,(H,34,40);7-8,10-13,16-17H,2-6,9,14,29H2,1H3,(H,31,38)/t25-,27?,28?;;/m1../s1. The van der Waals surface area contributed by atoms with Gasteiger partial charge in [-0.2, -0.15) is 43.8 Å². The highest BCUT2D eigenvalue weighted by molar-refractivity contribution is 7.14. The smallest absolute Gasteiger partial charge is 0.321 e. The number of aromatic nitrogens is 18. The van der Waals surface area contributed by atoms with Gasteiger partial charge in [-0.15, -0.1) is 34.0 Å². The number of nitrogens with one attached hydrogen (secondary N) is 3. The first-order valence-corrected chi connectivity index (χ1v) is 48.2. The Labute approximate surface area is 800 Å². The molecule has 17 rings (SSSR count). The van der Waals surface area contributed by atoms with Gasteiger partial charge >= 0.3 is 17.9 Å². The van der Waals surface area contributed by atoms with Crippen molar-refractivity contribution in [2.24, 2.45) is 23.5 Å². The molecule has 0 saturated heterocycles. The molecule has 726 valence electrons. The second kappa shape index (κ2) is 46.7. The van der Waals surface area contributed by atoms with Crippen molar-refractivity contribution in [2.45, 2.75) is 207 Å². The molecule has 44 heteroatoms. The Hall–Kier alpha value is -13.3. The first-order chi connectivity index (χ1) is 66.8. The van der Waals surface area contributed by atoms with Crippen LogP contribution in [0.4, 0.5) is 43.4 Å². The molecule has 12 heterocycles. The van der Waals surface area contributed by atoms with E-state index in [1.54, 1.807) is 67.4 Å². The largest absolute Gasteiger partial charge is 0.461 e. The zero-order valence-electron chi connectivity index (χ0n) is 76.1. The Balaban J connectivity index is 0.000000158. The Morgan fingerprint density at radius 2 is 0.826 bits per heavy atom. The van der Waals surface area contributed by atoms with E-state index in [1.165, 1.54) is 66.6 Å². The summed E-state index contributed by atoms with van der Waals surface area (Å²) in [5, 5.41) is 40.8. The molecule has 3 amide bonds. The number of carbonyl (C=O) groups is 7. The van der Waals surface area contributed by atoms with E-state index in [0.29, 0.717) is 58.0 Å². The summed E-state index contributed by atoms with van der Waals surface area (Å²) in [5.74, 6) is -8.78. The van der Waals surface area contributed by atoms with Crippen molar-refractivity contribution in [2.75, 3.05) is 42.3 Å². The van der Waals surface area contributed by atoms with Crippen LogP contribution in [0, 0.1) is 53.0 Å². The van der Waals surface area contributed by atoms with Gasteiger partial charge in [0.15, 0.2) is 30.9 Å². The number of nitrogens with two attached hydrogens (primary N) is 1. The summed E-state index contributed by atoms with van der Waals surface area (Å²) >= 11 is 3.63. The summed E-state index contributed by atoms with van der Waals surface area (Å²) < 4.78 is 129.